The van der Waals surface area contributed by atoms with Crippen LogP contribution in [0, 0.1) is 11.6 Å². The SMILES string of the molecule is O=C([C@@H]1CC(c2cc(F)ccc2F)=NO1)N1CCCCC[C@@H]1c1ccco1. The van der Waals surface area contributed by atoms with Crippen LogP contribution in [0.4, 0.5) is 8.78 Å². The van der Waals surface area contributed by atoms with Gasteiger partial charge >= 0.3 is 0 Å². The Balaban J connectivity index is 1.52. The van der Waals surface area contributed by atoms with Crippen molar-refractivity contribution >= 4 is 11.6 Å². The van der Waals surface area contributed by atoms with Crippen molar-refractivity contribution in [1.82, 2.24) is 4.90 Å². The van der Waals surface area contributed by atoms with E-state index in [2.05, 4.69) is 5.16 Å². The zero-order valence-corrected chi connectivity index (χ0v) is 14.7. The summed E-state index contributed by atoms with van der Waals surface area (Å²) in [4.78, 5) is 20.2. The van der Waals surface area contributed by atoms with Crippen molar-refractivity contribution in [3.05, 3.63) is 59.6 Å². The molecule has 0 saturated carbocycles. The van der Waals surface area contributed by atoms with Crippen LogP contribution >= 0.6 is 0 Å². The van der Waals surface area contributed by atoms with Gasteiger partial charge in [-0.15, -0.1) is 0 Å². The molecule has 2 aliphatic rings. The average Bonchev–Trinajstić information content (AvgIpc) is 3.31. The number of hydrogen-bond donors (Lipinski definition) is 0. The molecule has 0 radical (unpaired) electrons. The molecule has 2 aliphatic heterocycles. The molecule has 0 aliphatic carbocycles. The Morgan fingerprint density at radius 3 is 2.89 bits per heavy atom. The molecule has 1 fully saturated rings. The summed E-state index contributed by atoms with van der Waals surface area (Å²) in [7, 11) is 0. The third-order valence-corrected chi connectivity index (χ3v) is 5.09. The predicted octanol–water partition coefficient (Wildman–Crippen LogP) is 4.19. The van der Waals surface area contributed by atoms with Gasteiger partial charge in [0, 0.05) is 18.5 Å². The molecule has 0 bridgehead atoms. The molecule has 5 nitrogen and oxygen atoms in total. The maximum absolute atomic E-state index is 14.0. The van der Waals surface area contributed by atoms with Crippen molar-refractivity contribution in [2.75, 3.05) is 6.54 Å². The van der Waals surface area contributed by atoms with Gasteiger partial charge in [-0.2, -0.15) is 0 Å². The standard InChI is InChI=1S/C20H20F2N2O3/c21-13-7-8-15(22)14(11-13)16-12-19(27-23-16)20(25)24-9-3-1-2-5-17(24)18-6-4-10-26-18/h4,6-8,10-11,17,19H,1-3,5,9,12H2/t17-,19+/m1/s1. The van der Waals surface area contributed by atoms with E-state index in [1.54, 1.807) is 11.2 Å². The topological polar surface area (TPSA) is 55.0 Å². The molecule has 1 aromatic heterocycles. The molecule has 4 rings (SSSR count). The summed E-state index contributed by atoms with van der Waals surface area (Å²) in [6, 6.07) is 6.70. The van der Waals surface area contributed by atoms with Gasteiger partial charge in [0.2, 0.25) is 6.10 Å². The first-order chi connectivity index (χ1) is 13.1. The lowest BCUT2D eigenvalue weighted by molar-refractivity contribution is -0.145. The van der Waals surface area contributed by atoms with Crippen LogP contribution in [0.15, 0.2) is 46.2 Å². The number of hydrogen-bond acceptors (Lipinski definition) is 4. The third kappa shape index (κ3) is 3.59. The molecule has 27 heavy (non-hydrogen) atoms. The number of amides is 1. The Bertz CT molecular complexity index is 851. The summed E-state index contributed by atoms with van der Waals surface area (Å²) in [5.74, 6) is -0.598. The van der Waals surface area contributed by atoms with Crippen LogP contribution < -0.4 is 0 Å². The summed E-state index contributed by atoms with van der Waals surface area (Å²) in [6.45, 7) is 0.605. The molecule has 2 aromatic rings. The number of rotatable bonds is 3. The largest absolute Gasteiger partial charge is 0.467 e. The minimum absolute atomic E-state index is 0.0313. The molecule has 0 N–H and O–H groups in total. The van der Waals surface area contributed by atoms with E-state index >= 15 is 0 Å². The number of carbonyl (C=O) groups is 1. The van der Waals surface area contributed by atoms with Crippen molar-refractivity contribution in [2.45, 2.75) is 44.2 Å². The molecule has 0 unspecified atom stereocenters. The molecule has 0 spiro atoms. The molecule has 142 valence electrons. The Morgan fingerprint density at radius 2 is 2.07 bits per heavy atom. The van der Waals surface area contributed by atoms with Crippen LogP contribution in [0.3, 0.4) is 0 Å². The molecule has 1 amide bonds. The molecule has 7 heteroatoms. The smallest absolute Gasteiger partial charge is 0.267 e. The number of likely N-dealkylation sites (tertiary alicyclic amines) is 1. The van der Waals surface area contributed by atoms with Crippen molar-refractivity contribution in [3.8, 4) is 0 Å². The molecular formula is C20H20F2N2O3. The van der Waals surface area contributed by atoms with E-state index < -0.39 is 17.7 Å². The van der Waals surface area contributed by atoms with E-state index in [-0.39, 0.29) is 29.6 Å². The zero-order valence-electron chi connectivity index (χ0n) is 14.7. The zero-order chi connectivity index (χ0) is 18.8. The van der Waals surface area contributed by atoms with E-state index in [0.717, 1.165) is 49.6 Å². The second-order valence-corrected chi connectivity index (χ2v) is 6.87. The summed E-state index contributed by atoms with van der Waals surface area (Å²) in [5, 5.41) is 3.86. The second kappa shape index (κ2) is 7.50. The lowest BCUT2D eigenvalue weighted by atomic mass is 10.0. The van der Waals surface area contributed by atoms with Crippen LogP contribution in [-0.2, 0) is 9.63 Å². The number of carbonyl (C=O) groups excluding carboxylic acids is 1. The first-order valence-electron chi connectivity index (χ1n) is 9.15. The van der Waals surface area contributed by atoms with Gasteiger partial charge in [0.05, 0.1) is 18.0 Å². The monoisotopic (exact) mass is 374 g/mol. The summed E-state index contributed by atoms with van der Waals surface area (Å²) < 4.78 is 33.0. The van der Waals surface area contributed by atoms with Crippen LogP contribution in [0.1, 0.15) is 49.5 Å². The van der Waals surface area contributed by atoms with E-state index in [9.17, 15) is 13.6 Å². The van der Waals surface area contributed by atoms with Crippen LogP contribution in [-0.4, -0.2) is 29.2 Å². The van der Waals surface area contributed by atoms with E-state index in [1.807, 2.05) is 12.1 Å². The summed E-state index contributed by atoms with van der Waals surface area (Å²) in [6.07, 6.45) is 4.65. The van der Waals surface area contributed by atoms with Gasteiger partial charge < -0.3 is 14.2 Å². The number of benzene rings is 1. The van der Waals surface area contributed by atoms with Crippen molar-refractivity contribution in [3.63, 3.8) is 0 Å². The first-order valence-corrected chi connectivity index (χ1v) is 9.15. The minimum atomic E-state index is -0.835. The normalized spacial score (nSPS) is 22.9. The van der Waals surface area contributed by atoms with Crippen molar-refractivity contribution in [1.29, 1.82) is 0 Å². The van der Waals surface area contributed by atoms with Crippen molar-refractivity contribution in [2.24, 2.45) is 5.16 Å². The van der Waals surface area contributed by atoms with Gasteiger partial charge in [0.25, 0.3) is 5.91 Å². The Kier molecular flexibility index (Phi) is 4.92. The maximum Gasteiger partial charge on any atom is 0.267 e. The predicted molar refractivity (Wildman–Crippen MR) is 94.0 cm³/mol. The van der Waals surface area contributed by atoms with E-state index in [1.165, 1.54) is 0 Å². The molecule has 1 aromatic carbocycles. The quantitative estimate of drug-likeness (QED) is 0.809. The summed E-state index contributed by atoms with van der Waals surface area (Å²) in [5.41, 5.74) is 0.276. The highest BCUT2D eigenvalue weighted by atomic mass is 19.1. The van der Waals surface area contributed by atoms with Gasteiger partial charge in [0.1, 0.15) is 17.4 Å². The molecule has 1 saturated heterocycles. The lowest BCUT2D eigenvalue weighted by Crippen LogP contribution is -2.41. The highest BCUT2D eigenvalue weighted by molar-refractivity contribution is 6.04. The van der Waals surface area contributed by atoms with Gasteiger partial charge in [-0.25, -0.2) is 8.78 Å². The fourth-order valence-corrected chi connectivity index (χ4v) is 3.72. The third-order valence-electron chi connectivity index (χ3n) is 5.09. The van der Waals surface area contributed by atoms with Gasteiger partial charge in [-0.3, -0.25) is 4.79 Å². The fourth-order valence-electron chi connectivity index (χ4n) is 3.72. The van der Waals surface area contributed by atoms with Crippen LogP contribution in [0.25, 0.3) is 0 Å². The van der Waals surface area contributed by atoms with Gasteiger partial charge in [-0.1, -0.05) is 18.0 Å². The second-order valence-electron chi connectivity index (χ2n) is 6.87. The Labute approximate surface area is 155 Å². The minimum Gasteiger partial charge on any atom is -0.467 e. The maximum atomic E-state index is 14.0. The average molecular weight is 374 g/mol. The molecule has 3 heterocycles. The van der Waals surface area contributed by atoms with Crippen LogP contribution in [0.5, 0.6) is 0 Å². The van der Waals surface area contributed by atoms with Crippen molar-refractivity contribution < 1.29 is 22.8 Å². The molecular weight excluding hydrogens is 354 g/mol. The van der Waals surface area contributed by atoms with Crippen LogP contribution in [0.2, 0.25) is 0 Å². The number of halogens is 2. The summed E-state index contributed by atoms with van der Waals surface area (Å²) >= 11 is 0. The highest BCUT2D eigenvalue weighted by Crippen LogP contribution is 2.32. The lowest BCUT2D eigenvalue weighted by Gasteiger charge is -2.30. The van der Waals surface area contributed by atoms with Gasteiger partial charge in [0.15, 0.2) is 0 Å². The van der Waals surface area contributed by atoms with Gasteiger partial charge in [-0.05, 0) is 43.2 Å². The van der Waals surface area contributed by atoms with E-state index in [0.29, 0.717) is 6.54 Å². The highest BCUT2D eigenvalue weighted by Gasteiger charge is 2.37. The number of nitrogens with zero attached hydrogens (tertiary/aromatic N) is 2. The Morgan fingerprint density at radius 1 is 1.19 bits per heavy atom. The fraction of sp³-hybridized carbons (Fsp3) is 0.400. The first kappa shape index (κ1) is 17.7. The number of oxime groups is 1. The molecule has 2 atom stereocenters. The number of furan rings is 1. The van der Waals surface area contributed by atoms with E-state index in [4.69, 9.17) is 9.25 Å². The Hall–Kier alpha value is -2.70.